The number of rotatable bonds is 7. The van der Waals surface area contributed by atoms with Crippen molar-refractivity contribution >= 4 is 11.9 Å². The summed E-state index contributed by atoms with van der Waals surface area (Å²) in [6.07, 6.45) is 6.06. The van der Waals surface area contributed by atoms with Gasteiger partial charge in [-0.2, -0.15) is 0 Å². The third kappa shape index (κ3) is 6.07. The van der Waals surface area contributed by atoms with E-state index in [0.717, 1.165) is 30.4 Å². The first kappa shape index (κ1) is 18.8. The van der Waals surface area contributed by atoms with Crippen LogP contribution < -0.4 is 10.6 Å². The van der Waals surface area contributed by atoms with Gasteiger partial charge in [-0.25, -0.2) is 14.4 Å². The first-order chi connectivity index (χ1) is 13.1. The molecule has 1 amide bonds. The molecule has 1 aliphatic rings. The molecule has 0 aliphatic heterocycles. The number of nitrogens with zero attached hydrogens (tertiary/aromatic N) is 2. The van der Waals surface area contributed by atoms with Crippen LogP contribution in [0.5, 0.6) is 0 Å². The van der Waals surface area contributed by atoms with Gasteiger partial charge in [-0.1, -0.05) is 24.0 Å². The summed E-state index contributed by atoms with van der Waals surface area (Å²) in [5.74, 6) is 6.91. The highest BCUT2D eigenvalue weighted by molar-refractivity contribution is 5.81. The molecular formula is C21H23FN4O. The van der Waals surface area contributed by atoms with Crippen LogP contribution in [0.1, 0.15) is 36.5 Å². The number of amides is 1. The third-order valence-corrected chi connectivity index (χ3v) is 4.21. The van der Waals surface area contributed by atoms with Gasteiger partial charge in [0.25, 0.3) is 0 Å². The molecule has 1 aromatic carbocycles. The Hall–Kier alpha value is -2.94. The molecule has 1 unspecified atom stereocenters. The van der Waals surface area contributed by atoms with Crippen molar-refractivity contribution in [1.29, 1.82) is 0 Å². The highest BCUT2D eigenvalue weighted by Crippen LogP contribution is 2.28. The summed E-state index contributed by atoms with van der Waals surface area (Å²) in [5.41, 5.74) is 2.75. The number of hydrogen-bond donors (Lipinski definition) is 2. The summed E-state index contributed by atoms with van der Waals surface area (Å²) >= 11 is 0. The monoisotopic (exact) mass is 366 g/mol. The number of aromatic nitrogens is 2. The lowest BCUT2D eigenvalue weighted by Gasteiger charge is -2.13. The van der Waals surface area contributed by atoms with E-state index in [9.17, 15) is 9.18 Å². The molecule has 1 heterocycles. The van der Waals surface area contributed by atoms with E-state index in [1.54, 1.807) is 12.4 Å². The number of carbonyl (C=O) groups excluding carboxylic acids is 1. The predicted octanol–water partition coefficient (Wildman–Crippen LogP) is 2.72. The molecule has 0 saturated heterocycles. The van der Waals surface area contributed by atoms with Crippen molar-refractivity contribution in [1.82, 2.24) is 15.3 Å². The van der Waals surface area contributed by atoms with Crippen molar-refractivity contribution in [2.75, 3.05) is 18.5 Å². The topological polar surface area (TPSA) is 66.9 Å². The molecule has 5 nitrogen and oxygen atoms in total. The zero-order valence-electron chi connectivity index (χ0n) is 15.3. The summed E-state index contributed by atoms with van der Waals surface area (Å²) in [6, 6.07) is 8.12. The van der Waals surface area contributed by atoms with Crippen molar-refractivity contribution in [2.45, 2.75) is 32.2 Å². The molecule has 0 radical (unpaired) electrons. The fourth-order valence-corrected chi connectivity index (χ4v) is 2.62. The second-order valence-electron chi connectivity index (χ2n) is 6.75. The lowest BCUT2D eigenvalue weighted by atomic mass is 10.0. The van der Waals surface area contributed by atoms with Gasteiger partial charge in [0.1, 0.15) is 6.67 Å². The molecule has 6 heteroatoms. The number of hydrogen-bond acceptors (Lipinski definition) is 4. The summed E-state index contributed by atoms with van der Waals surface area (Å²) < 4.78 is 12.1. The van der Waals surface area contributed by atoms with E-state index in [-0.39, 0.29) is 24.4 Å². The van der Waals surface area contributed by atoms with E-state index >= 15 is 0 Å². The molecule has 2 aromatic rings. The van der Waals surface area contributed by atoms with Crippen LogP contribution in [0.4, 0.5) is 10.3 Å². The normalized spacial score (nSPS) is 14.0. The number of alkyl halides is 1. The average Bonchev–Trinajstić information content (AvgIpc) is 3.52. The SMILES string of the molecule is CC(Cc1ccc(C#Cc2cnc(NCCF)nc2)cc1)NC(=O)C1CC1. The number of benzene rings is 1. The zero-order valence-corrected chi connectivity index (χ0v) is 15.3. The number of nitrogens with one attached hydrogen (secondary N) is 2. The van der Waals surface area contributed by atoms with Gasteiger partial charge in [-0.3, -0.25) is 4.79 Å². The highest BCUT2D eigenvalue weighted by atomic mass is 19.1. The fourth-order valence-electron chi connectivity index (χ4n) is 2.62. The summed E-state index contributed by atoms with van der Waals surface area (Å²) in [4.78, 5) is 20.0. The zero-order chi connectivity index (χ0) is 19.1. The molecular weight excluding hydrogens is 343 g/mol. The van der Waals surface area contributed by atoms with Gasteiger partial charge in [-0.15, -0.1) is 0 Å². The van der Waals surface area contributed by atoms with E-state index in [1.165, 1.54) is 0 Å². The van der Waals surface area contributed by atoms with Crippen molar-refractivity contribution in [3.63, 3.8) is 0 Å². The molecule has 3 rings (SSSR count). The van der Waals surface area contributed by atoms with Gasteiger partial charge in [0.15, 0.2) is 0 Å². The van der Waals surface area contributed by atoms with E-state index in [0.29, 0.717) is 11.5 Å². The van der Waals surface area contributed by atoms with Crippen LogP contribution >= 0.6 is 0 Å². The standard InChI is InChI=1S/C21H23FN4O/c1-15(26-20(27)19-8-9-19)12-17-5-2-16(3-6-17)4-7-18-13-24-21(25-14-18)23-11-10-22/h2-3,5-6,13-15,19H,8-12H2,1H3,(H,26,27)(H,23,24,25). The minimum absolute atomic E-state index is 0.122. The Bertz CT molecular complexity index is 820. The quantitative estimate of drug-likeness (QED) is 0.740. The first-order valence-corrected chi connectivity index (χ1v) is 9.17. The summed E-state index contributed by atoms with van der Waals surface area (Å²) in [6.45, 7) is 1.76. The number of anilines is 1. The molecule has 1 aromatic heterocycles. The molecule has 140 valence electrons. The van der Waals surface area contributed by atoms with Crippen molar-refractivity contribution in [3.8, 4) is 11.8 Å². The highest BCUT2D eigenvalue weighted by Gasteiger charge is 2.30. The maximum absolute atomic E-state index is 12.1. The van der Waals surface area contributed by atoms with Crippen LogP contribution in [0.25, 0.3) is 0 Å². The maximum atomic E-state index is 12.1. The average molecular weight is 366 g/mol. The van der Waals surface area contributed by atoms with Gasteiger partial charge in [0, 0.05) is 36.5 Å². The Balaban J connectivity index is 1.53. The minimum atomic E-state index is -0.466. The van der Waals surface area contributed by atoms with Crippen LogP contribution in [-0.4, -0.2) is 35.1 Å². The van der Waals surface area contributed by atoms with Crippen LogP contribution in [0.15, 0.2) is 36.7 Å². The van der Waals surface area contributed by atoms with Crippen molar-refractivity contribution < 1.29 is 9.18 Å². The second-order valence-corrected chi connectivity index (χ2v) is 6.75. The largest absolute Gasteiger partial charge is 0.353 e. The Labute approximate surface area is 158 Å². The van der Waals surface area contributed by atoms with Gasteiger partial charge in [0.2, 0.25) is 11.9 Å². The summed E-state index contributed by atoms with van der Waals surface area (Å²) in [5, 5.41) is 5.83. The molecule has 0 spiro atoms. The molecule has 1 saturated carbocycles. The van der Waals surface area contributed by atoms with Gasteiger partial charge in [-0.05, 0) is 43.9 Å². The van der Waals surface area contributed by atoms with Gasteiger partial charge in [0.05, 0.1) is 5.56 Å². The Morgan fingerprint density at radius 3 is 2.48 bits per heavy atom. The molecule has 27 heavy (non-hydrogen) atoms. The predicted molar refractivity (Wildman–Crippen MR) is 103 cm³/mol. The number of carbonyl (C=O) groups is 1. The number of halogens is 1. The second kappa shape index (κ2) is 9.13. The first-order valence-electron chi connectivity index (χ1n) is 9.17. The van der Waals surface area contributed by atoms with Crippen LogP contribution in [-0.2, 0) is 11.2 Å². The fraction of sp³-hybridized carbons (Fsp3) is 0.381. The van der Waals surface area contributed by atoms with Crippen LogP contribution in [0.3, 0.4) is 0 Å². The molecule has 2 N–H and O–H groups in total. The Morgan fingerprint density at radius 1 is 1.19 bits per heavy atom. The Kier molecular flexibility index (Phi) is 6.37. The van der Waals surface area contributed by atoms with Crippen molar-refractivity contribution in [3.05, 3.63) is 53.3 Å². The third-order valence-electron chi connectivity index (χ3n) is 4.21. The van der Waals surface area contributed by atoms with E-state index in [1.807, 2.05) is 31.2 Å². The lowest BCUT2D eigenvalue weighted by Crippen LogP contribution is -2.35. The molecule has 1 fully saturated rings. The minimum Gasteiger partial charge on any atom is -0.353 e. The van der Waals surface area contributed by atoms with E-state index in [4.69, 9.17) is 0 Å². The smallest absolute Gasteiger partial charge is 0.223 e. The van der Waals surface area contributed by atoms with E-state index in [2.05, 4.69) is 32.4 Å². The van der Waals surface area contributed by atoms with Gasteiger partial charge >= 0.3 is 0 Å². The van der Waals surface area contributed by atoms with Crippen LogP contribution in [0, 0.1) is 17.8 Å². The Morgan fingerprint density at radius 2 is 1.85 bits per heavy atom. The maximum Gasteiger partial charge on any atom is 0.223 e. The van der Waals surface area contributed by atoms with E-state index < -0.39 is 6.67 Å². The molecule has 1 aliphatic carbocycles. The van der Waals surface area contributed by atoms with Gasteiger partial charge < -0.3 is 10.6 Å². The van der Waals surface area contributed by atoms with Crippen molar-refractivity contribution in [2.24, 2.45) is 5.92 Å². The van der Waals surface area contributed by atoms with Crippen LogP contribution in [0.2, 0.25) is 0 Å². The molecule has 1 atom stereocenters. The lowest BCUT2D eigenvalue weighted by molar-refractivity contribution is -0.122. The summed E-state index contributed by atoms with van der Waals surface area (Å²) in [7, 11) is 0. The molecule has 0 bridgehead atoms.